The highest BCUT2D eigenvalue weighted by Gasteiger charge is 2.25. The monoisotopic (exact) mass is 384 g/mol. The van der Waals surface area contributed by atoms with Gasteiger partial charge in [-0.05, 0) is 43.2 Å². The lowest BCUT2D eigenvalue weighted by Crippen LogP contribution is -2.50. The Labute approximate surface area is 164 Å². The van der Waals surface area contributed by atoms with Gasteiger partial charge >= 0.3 is 0 Å². The molecule has 3 rings (SSSR count). The number of para-hydroxylation sites is 1. The summed E-state index contributed by atoms with van der Waals surface area (Å²) in [7, 11) is 0. The van der Waals surface area contributed by atoms with Crippen molar-refractivity contribution in [3.8, 4) is 5.75 Å². The predicted molar refractivity (Wildman–Crippen MR) is 105 cm³/mol. The summed E-state index contributed by atoms with van der Waals surface area (Å²) in [5.74, 6) is 0.275. The third-order valence-corrected chi connectivity index (χ3v) is 4.87. The van der Waals surface area contributed by atoms with Crippen molar-refractivity contribution in [2.75, 3.05) is 32.8 Å². The highest BCUT2D eigenvalue weighted by molar-refractivity contribution is 5.94. The third kappa shape index (κ3) is 4.88. The molecule has 0 spiro atoms. The van der Waals surface area contributed by atoms with Crippen molar-refractivity contribution in [1.29, 1.82) is 0 Å². The molecule has 0 aromatic heterocycles. The summed E-state index contributed by atoms with van der Waals surface area (Å²) < 4.78 is 18.9. The number of carbonyl (C=O) groups is 2. The van der Waals surface area contributed by atoms with E-state index in [1.807, 2.05) is 31.2 Å². The molecular weight excluding hydrogens is 359 g/mol. The van der Waals surface area contributed by atoms with Crippen LogP contribution >= 0.6 is 0 Å². The maximum atomic E-state index is 13.3. The van der Waals surface area contributed by atoms with Gasteiger partial charge in [0.15, 0.2) is 0 Å². The second-order valence-corrected chi connectivity index (χ2v) is 6.72. The summed E-state index contributed by atoms with van der Waals surface area (Å²) in [6.07, 6.45) is 1.03. The minimum Gasteiger partial charge on any atom is -0.494 e. The summed E-state index contributed by atoms with van der Waals surface area (Å²) >= 11 is 0. The Morgan fingerprint density at radius 3 is 2.43 bits per heavy atom. The van der Waals surface area contributed by atoms with Crippen LogP contribution in [0.1, 0.15) is 29.3 Å². The molecule has 5 nitrogen and oxygen atoms in total. The molecule has 1 fully saturated rings. The van der Waals surface area contributed by atoms with Crippen molar-refractivity contribution in [2.45, 2.75) is 19.8 Å². The lowest BCUT2D eigenvalue weighted by molar-refractivity contribution is -0.132. The van der Waals surface area contributed by atoms with Crippen LogP contribution in [-0.2, 0) is 11.2 Å². The van der Waals surface area contributed by atoms with E-state index in [0.717, 1.165) is 11.3 Å². The van der Waals surface area contributed by atoms with Crippen LogP contribution in [-0.4, -0.2) is 54.4 Å². The Hall–Kier alpha value is -2.89. The zero-order valence-electron chi connectivity index (χ0n) is 16.1. The van der Waals surface area contributed by atoms with Crippen LogP contribution in [0.3, 0.4) is 0 Å². The Bertz CT molecular complexity index is 832. The minimum atomic E-state index is -0.424. The summed E-state index contributed by atoms with van der Waals surface area (Å²) in [6.45, 7) is 4.42. The van der Waals surface area contributed by atoms with Crippen LogP contribution in [0.25, 0.3) is 0 Å². The highest BCUT2D eigenvalue weighted by Crippen LogP contribution is 2.20. The van der Waals surface area contributed by atoms with Gasteiger partial charge in [0, 0.05) is 38.2 Å². The average molecular weight is 384 g/mol. The summed E-state index contributed by atoms with van der Waals surface area (Å²) in [5, 5.41) is 0. The van der Waals surface area contributed by atoms with Gasteiger partial charge in [0.1, 0.15) is 11.6 Å². The fourth-order valence-corrected chi connectivity index (χ4v) is 3.37. The van der Waals surface area contributed by atoms with Crippen molar-refractivity contribution in [2.24, 2.45) is 0 Å². The maximum absolute atomic E-state index is 13.3. The van der Waals surface area contributed by atoms with E-state index in [9.17, 15) is 14.0 Å². The Morgan fingerprint density at radius 1 is 1.00 bits per heavy atom. The first-order chi connectivity index (χ1) is 13.6. The second-order valence-electron chi connectivity index (χ2n) is 6.72. The first-order valence-electron chi connectivity index (χ1n) is 9.62. The van der Waals surface area contributed by atoms with Crippen molar-refractivity contribution < 1.29 is 18.7 Å². The molecule has 6 heteroatoms. The van der Waals surface area contributed by atoms with E-state index in [-0.39, 0.29) is 11.8 Å². The van der Waals surface area contributed by atoms with Crippen molar-refractivity contribution in [3.05, 3.63) is 65.5 Å². The number of rotatable bonds is 6. The normalized spacial score (nSPS) is 14.1. The Balaban J connectivity index is 1.51. The molecule has 28 heavy (non-hydrogen) atoms. The first-order valence-corrected chi connectivity index (χ1v) is 9.62. The van der Waals surface area contributed by atoms with E-state index in [4.69, 9.17) is 4.74 Å². The molecule has 2 aromatic carbocycles. The molecule has 1 heterocycles. The molecule has 1 aliphatic heterocycles. The molecule has 2 amide bonds. The fourth-order valence-electron chi connectivity index (χ4n) is 3.37. The minimum absolute atomic E-state index is 0.0733. The maximum Gasteiger partial charge on any atom is 0.254 e. The van der Waals surface area contributed by atoms with Gasteiger partial charge < -0.3 is 14.5 Å². The lowest BCUT2D eigenvalue weighted by atomic mass is 10.1. The van der Waals surface area contributed by atoms with Crippen LogP contribution < -0.4 is 4.74 Å². The largest absolute Gasteiger partial charge is 0.494 e. The second kappa shape index (κ2) is 9.35. The van der Waals surface area contributed by atoms with Gasteiger partial charge in [0.2, 0.25) is 5.91 Å². The zero-order valence-corrected chi connectivity index (χ0v) is 16.1. The zero-order chi connectivity index (χ0) is 19.9. The van der Waals surface area contributed by atoms with E-state index in [1.165, 1.54) is 18.2 Å². The van der Waals surface area contributed by atoms with E-state index < -0.39 is 5.82 Å². The molecule has 148 valence electrons. The van der Waals surface area contributed by atoms with Gasteiger partial charge in [-0.25, -0.2) is 4.39 Å². The number of halogens is 1. The van der Waals surface area contributed by atoms with Crippen LogP contribution in [0, 0.1) is 5.82 Å². The molecule has 1 saturated heterocycles. The Kier molecular flexibility index (Phi) is 6.63. The molecule has 0 atom stereocenters. The van der Waals surface area contributed by atoms with Gasteiger partial charge in [-0.15, -0.1) is 0 Å². The standard InChI is InChI=1S/C22H25FN2O3/c1-2-28-20-9-4-3-6-17(20)10-11-21(26)24-12-14-25(15-13-24)22(27)18-7-5-8-19(23)16-18/h3-9,16H,2,10-15H2,1H3. The first kappa shape index (κ1) is 19.9. The quantitative estimate of drug-likeness (QED) is 0.769. The summed E-state index contributed by atoms with van der Waals surface area (Å²) in [4.78, 5) is 28.5. The van der Waals surface area contributed by atoms with Crippen molar-refractivity contribution >= 4 is 11.8 Å². The molecule has 0 N–H and O–H groups in total. The van der Waals surface area contributed by atoms with Crippen LogP contribution in [0.15, 0.2) is 48.5 Å². The van der Waals surface area contributed by atoms with Crippen LogP contribution in [0.2, 0.25) is 0 Å². The Morgan fingerprint density at radius 2 is 1.71 bits per heavy atom. The van der Waals surface area contributed by atoms with Crippen LogP contribution in [0.4, 0.5) is 4.39 Å². The smallest absolute Gasteiger partial charge is 0.254 e. The van der Waals surface area contributed by atoms with Crippen molar-refractivity contribution in [3.63, 3.8) is 0 Å². The van der Waals surface area contributed by atoms with E-state index >= 15 is 0 Å². The topological polar surface area (TPSA) is 49.9 Å². The molecular formula is C22H25FN2O3. The van der Waals surface area contributed by atoms with Gasteiger partial charge in [-0.1, -0.05) is 24.3 Å². The van der Waals surface area contributed by atoms with E-state index in [0.29, 0.717) is 51.2 Å². The highest BCUT2D eigenvalue weighted by atomic mass is 19.1. The number of piperazine rings is 1. The lowest BCUT2D eigenvalue weighted by Gasteiger charge is -2.35. The summed E-state index contributed by atoms with van der Waals surface area (Å²) in [6, 6.07) is 13.5. The van der Waals surface area contributed by atoms with Gasteiger partial charge in [0.25, 0.3) is 5.91 Å². The molecule has 0 unspecified atom stereocenters. The fraction of sp³-hybridized carbons (Fsp3) is 0.364. The van der Waals surface area contributed by atoms with Gasteiger partial charge in [-0.2, -0.15) is 0 Å². The number of nitrogens with zero attached hydrogens (tertiary/aromatic N) is 2. The average Bonchev–Trinajstić information content (AvgIpc) is 2.73. The third-order valence-electron chi connectivity index (χ3n) is 4.87. The predicted octanol–water partition coefficient (Wildman–Crippen LogP) is 3.14. The summed E-state index contributed by atoms with van der Waals surface area (Å²) in [5.41, 5.74) is 1.37. The molecule has 0 saturated carbocycles. The number of amides is 2. The van der Waals surface area contributed by atoms with E-state index in [1.54, 1.807) is 15.9 Å². The van der Waals surface area contributed by atoms with Gasteiger partial charge in [-0.3, -0.25) is 9.59 Å². The molecule has 1 aliphatic rings. The molecule has 0 radical (unpaired) electrons. The molecule has 2 aromatic rings. The van der Waals surface area contributed by atoms with Crippen molar-refractivity contribution in [1.82, 2.24) is 9.80 Å². The molecule has 0 bridgehead atoms. The molecule has 0 aliphatic carbocycles. The number of hydrogen-bond acceptors (Lipinski definition) is 3. The number of benzene rings is 2. The number of carbonyl (C=O) groups excluding carboxylic acids is 2. The number of hydrogen-bond donors (Lipinski definition) is 0. The van der Waals surface area contributed by atoms with E-state index in [2.05, 4.69) is 0 Å². The number of ether oxygens (including phenoxy) is 1. The number of aryl methyl sites for hydroxylation is 1. The van der Waals surface area contributed by atoms with Crippen LogP contribution in [0.5, 0.6) is 5.75 Å². The SMILES string of the molecule is CCOc1ccccc1CCC(=O)N1CCN(C(=O)c2cccc(F)c2)CC1. The van der Waals surface area contributed by atoms with Gasteiger partial charge in [0.05, 0.1) is 6.61 Å².